The molecule has 0 saturated carbocycles. The second-order valence-electron chi connectivity index (χ2n) is 5.29. The van der Waals surface area contributed by atoms with Crippen LogP contribution in [-0.2, 0) is 6.42 Å². The van der Waals surface area contributed by atoms with Crippen molar-refractivity contribution in [2.75, 3.05) is 5.73 Å². The van der Waals surface area contributed by atoms with Crippen LogP contribution in [0.2, 0.25) is 0 Å². The maximum atomic E-state index is 5.99. The zero-order valence-electron chi connectivity index (χ0n) is 11.6. The molecule has 0 unspecified atom stereocenters. The molecule has 0 radical (unpaired) electrons. The first-order valence-electron chi connectivity index (χ1n) is 6.69. The van der Waals surface area contributed by atoms with Crippen molar-refractivity contribution in [1.29, 1.82) is 0 Å². The second kappa shape index (κ2) is 4.92. The number of rotatable bonds is 3. The van der Waals surface area contributed by atoms with Crippen LogP contribution in [0.1, 0.15) is 19.4 Å². The smallest absolute Gasteiger partial charge is 0.149 e. The van der Waals surface area contributed by atoms with Crippen LogP contribution < -0.4 is 5.73 Å². The number of H-pyrrole nitrogens is 1. The highest BCUT2D eigenvalue weighted by atomic mass is 15.2. The standard InChI is InChI=1S/C15H17N5/c1-9(2)8-11-13(19-20-15(11)16)10-4-3-5-12-14(10)18-7-6-17-12/h3-7,9H,8H2,1-2H3,(H3,16,19,20). The van der Waals surface area contributed by atoms with Gasteiger partial charge in [-0.2, -0.15) is 5.10 Å². The van der Waals surface area contributed by atoms with Crippen LogP contribution in [0.3, 0.4) is 0 Å². The molecule has 2 aromatic heterocycles. The third-order valence-electron chi connectivity index (χ3n) is 3.28. The molecule has 0 aliphatic heterocycles. The van der Waals surface area contributed by atoms with Crippen molar-refractivity contribution in [3.8, 4) is 11.3 Å². The van der Waals surface area contributed by atoms with E-state index >= 15 is 0 Å². The molecule has 0 spiro atoms. The van der Waals surface area contributed by atoms with Crippen molar-refractivity contribution in [3.05, 3.63) is 36.2 Å². The van der Waals surface area contributed by atoms with Gasteiger partial charge < -0.3 is 5.73 Å². The lowest BCUT2D eigenvalue weighted by molar-refractivity contribution is 0.649. The number of para-hydroxylation sites is 1. The molecule has 3 N–H and O–H groups in total. The Morgan fingerprint density at radius 1 is 1.20 bits per heavy atom. The average Bonchev–Trinajstić information content (AvgIpc) is 2.79. The summed E-state index contributed by atoms with van der Waals surface area (Å²) >= 11 is 0. The molecule has 0 fully saturated rings. The van der Waals surface area contributed by atoms with Crippen molar-refractivity contribution in [1.82, 2.24) is 20.2 Å². The Labute approximate surface area is 117 Å². The summed E-state index contributed by atoms with van der Waals surface area (Å²) in [5, 5.41) is 7.20. The molecular formula is C15H17N5. The van der Waals surface area contributed by atoms with Gasteiger partial charge in [0.15, 0.2) is 0 Å². The number of nitrogen functional groups attached to an aromatic ring is 1. The lowest BCUT2D eigenvalue weighted by Gasteiger charge is -2.08. The lowest BCUT2D eigenvalue weighted by Crippen LogP contribution is -1.99. The number of nitrogens with two attached hydrogens (primary N) is 1. The summed E-state index contributed by atoms with van der Waals surface area (Å²) in [6.07, 6.45) is 4.28. The highest BCUT2D eigenvalue weighted by Gasteiger charge is 2.16. The van der Waals surface area contributed by atoms with E-state index in [1.165, 1.54) is 0 Å². The lowest BCUT2D eigenvalue weighted by atomic mass is 9.98. The third kappa shape index (κ3) is 2.11. The van der Waals surface area contributed by atoms with Gasteiger partial charge in [0.2, 0.25) is 0 Å². The Morgan fingerprint density at radius 2 is 2.00 bits per heavy atom. The van der Waals surface area contributed by atoms with E-state index in [1.54, 1.807) is 12.4 Å². The summed E-state index contributed by atoms with van der Waals surface area (Å²) in [5.74, 6) is 1.07. The summed E-state index contributed by atoms with van der Waals surface area (Å²) in [4.78, 5) is 8.77. The van der Waals surface area contributed by atoms with Crippen molar-refractivity contribution in [3.63, 3.8) is 0 Å². The first-order chi connectivity index (χ1) is 9.66. The number of aromatic amines is 1. The Hall–Kier alpha value is -2.43. The number of fused-ring (bicyclic) bond motifs is 1. The van der Waals surface area contributed by atoms with E-state index in [9.17, 15) is 0 Å². The van der Waals surface area contributed by atoms with E-state index in [4.69, 9.17) is 5.73 Å². The minimum absolute atomic E-state index is 0.509. The van der Waals surface area contributed by atoms with E-state index in [2.05, 4.69) is 34.0 Å². The van der Waals surface area contributed by atoms with Crippen molar-refractivity contribution in [2.45, 2.75) is 20.3 Å². The summed E-state index contributed by atoms with van der Waals surface area (Å²) in [6.45, 7) is 4.33. The number of hydrogen-bond donors (Lipinski definition) is 2. The van der Waals surface area contributed by atoms with Crippen LogP contribution in [0.15, 0.2) is 30.6 Å². The molecule has 102 valence electrons. The van der Waals surface area contributed by atoms with Crippen LogP contribution in [-0.4, -0.2) is 20.2 Å². The van der Waals surface area contributed by atoms with Crippen LogP contribution in [0, 0.1) is 5.92 Å². The summed E-state index contributed by atoms with van der Waals surface area (Å²) in [5.41, 5.74) is 10.7. The monoisotopic (exact) mass is 267 g/mol. The molecule has 0 amide bonds. The predicted octanol–water partition coefficient (Wildman–Crippen LogP) is 2.80. The van der Waals surface area contributed by atoms with Crippen LogP contribution in [0.5, 0.6) is 0 Å². The Kier molecular flexibility index (Phi) is 3.10. The summed E-state index contributed by atoms with van der Waals surface area (Å²) in [6, 6.07) is 5.95. The summed E-state index contributed by atoms with van der Waals surface area (Å²) in [7, 11) is 0. The van der Waals surface area contributed by atoms with Crippen molar-refractivity contribution < 1.29 is 0 Å². The highest BCUT2D eigenvalue weighted by molar-refractivity contribution is 5.91. The largest absolute Gasteiger partial charge is 0.382 e. The van der Waals surface area contributed by atoms with E-state index in [0.29, 0.717) is 11.7 Å². The normalized spacial score (nSPS) is 11.3. The number of benzene rings is 1. The number of anilines is 1. The van der Waals surface area contributed by atoms with Crippen molar-refractivity contribution in [2.24, 2.45) is 5.92 Å². The number of nitrogens with one attached hydrogen (secondary N) is 1. The molecule has 3 rings (SSSR count). The zero-order chi connectivity index (χ0) is 14.1. The molecule has 0 aliphatic rings. The van der Waals surface area contributed by atoms with Crippen LogP contribution >= 0.6 is 0 Å². The zero-order valence-corrected chi connectivity index (χ0v) is 11.6. The molecule has 20 heavy (non-hydrogen) atoms. The second-order valence-corrected chi connectivity index (χ2v) is 5.29. The maximum Gasteiger partial charge on any atom is 0.149 e. The van der Waals surface area contributed by atoms with Crippen LogP contribution in [0.4, 0.5) is 5.82 Å². The fourth-order valence-electron chi connectivity index (χ4n) is 2.41. The topological polar surface area (TPSA) is 80.5 Å². The van der Waals surface area contributed by atoms with Crippen molar-refractivity contribution >= 4 is 16.9 Å². The van der Waals surface area contributed by atoms with Gasteiger partial charge in [-0.25, -0.2) is 0 Å². The van der Waals surface area contributed by atoms with E-state index < -0.39 is 0 Å². The van der Waals surface area contributed by atoms with Gasteiger partial charge in [0.25, 0.3) is 0 Å². The molecule has 5 heteroatoms. The van der Waals surface area contributed by atoms with E-state index in [1.807, 2.05) is 18.2 Å². The fraction of sp³-hybridized carbons (Fsp3) is 0.267. The van der Waals surface area contributed by atoms with Gasteiger partial charge in [-0.1, -0.05) is 26.0 Å². The summed E-state index contributed by atoms with van der Waals surface area (Å²) < 4.78 is 0. The van der Waals surface area contributed by atoms with Gasteiger partial charge in [-0.3, -0.25) is 15.1 Å². The Balaban J connectivity index is 2.21. The quantitative estimate of drug-likeness (QED) is 0.764. The van der Waals surface area contributed by atoms with Gasteiger partial charge in [0.05, 0.1) is 16.7 Å². The van der Waals surface area contributed by atoms with Gasteiger partial charge in [-0.15, -0.1) is 0 Å². The van der Waals surface area contributed by atoms with Gasteiger partial charge >= 0.3 is 0 Å². The number of hydrogen-bond acceptors (Lipinski definition) is 4. The molecule has 0 bridgehead atoms. The molecule has 2 heterocycles. The fourth-order valence-corrected chi connectivity index (χ4v) is 2.41. The molecule has 5 nitrogen and oxygen atoms in total. The van der Waals surface area contributed by atoms with Gasteiger partial charge in [0, 0.05) is 23.5 Å². The minimum atomic E-state index is 0.509. The maximum absolute atomic E-state index is 5.99. The molecule has 0 aliphatic carbocycles. The average molecular weight is 267 g/mol. The van der Waals surface area contributed by atoms with E-state index in [0.717, 1.165) is 34.3 Å². The molecule has 3 aromatic rings. The Bertz CT molecular complexity index is 740. The van der Waals surface area contributed by atoms with E-state index in [-0.39, 0.29) is 0 Å². The Morgan fingerprint density at radius 3 is 2.80 bits per heavy atom. The number of aromatic nitrogens is 4. The van der Waals surface area contributed by atoms with Gasteiger partial charge in [-0.05, 0) is 18.4 Å². The molecule has 1 aromatic carbocycles. The first kappa shape index (κ1) is 12.6. The molecule has 0 saturated heterocycles. The van der Waals surface area contributed by atoms with Crippen LogP contribution in [0.25, 0.3) is 22.3 Å². The highest BCUT2D eigenvalue weighted by Crippen LogP contribution is 2.31. The third-order valence-corrected chi connectivity index (χ3v) is 3.28. The predicted molar refractivity (Wildman–Crippen MR) is 80.1 cm³/mol. The SMILES string of the molecule is CC(C)Cc1c(N)n[nH]c1-c1cccc2nccnc12. The first-order valence-corrected chi connectivity index (χ1v) is 6.69. The number of nitrogens with zero attached hydrogens (tertiary/aromatic N) is 3. The van der Waals surface area contributed by atoms with Gasteiger partial charge in [0.1, 0.15) is 5.82 Å². The minimum Gasteiger partial charge on any atom is -0.382 e. The molecular weight excluding hydrogens is 250 g/mol. The molecule has 0 atom stereocenters.